The molecule has 6 N–H and O–H groups in total. The second-order valence-corrected chi connectivity index (χ2v) is 7.33. The molecule has 1 aromatic carbocycles. The average Bonchev–Trinajstić information content (AvgIpc) is 2.73. The largest absolute Gasteiger partial charge is 0.388 e. The summed E-state index contributed by atoms with van der Waals surface area (Å²) in [4.78, 5) is 0. The third kappa shape index (κ3) is 5.12. The highest BCUT2D eigenvalue weighted by atomic mass is 16.7. The van der Waals surface area contributed by atoms with Gasteiger partial charge < -0.3 is 49.6 Å². The number of hydrogen-bond donors (Lipinski definition) is 6. The van der Waals surface area contributed by atoms with Crippen LogP contribution in [0.1, 0.15) is 12.5 Å². The number of aliphatic hydroxyl groups is 6. The van der Waals surface area contributed by atoms with E-state index in [-0.39, 0.29) is 13.2 Å². The van der Waals surface area contributed by atoms with Crippen molar-refractivity contribution in [3.63, 3.8) is 0 Å². The Balaban J connectivity index is 1.58. The Morgan fingerprint density at radius 2 is 1.31 bits per heavy atom. The Morgan fingerprint density at radius 1 is 0.724 bits per heavy atom. The molecule has 0 aliphatic carbocycles. The van der Waals surface area contributed by atoms with Gasteiger partial charge in [-0.15, -0.1) is 0 Å². The van der Waals surface area contributed by atoms with E-state index in [0.717, 1.165) is 5.56 Å². The molecule has 0 spiro atoms. The summed E-state index contributed by atoms with van der Waals surface area (Å²) in [5, 5.41) is 60.0. The highest BCUT2D eigenvalue weighted by Crippen LogP contribution is 2.26. The van der Waals surface area contributed by atoms with Gasteiger partial charge in [0.1, 0.15) is 42.7 Å². The molecule has 3 rings (SSSR count). The lowest BCUT2D eigenvalue weighted by molar-refractivity contribution is -0.329. The second-order valence-electron chi connectivity index (χ2n) is 7.33. The Bertz CT molecular complexity index is 631. The van der Waals surface area contributed by atoms with E-state index >= 15 is 0 Å². The molecule has 2 aliphatic rings. The van der Waals surface area contributed by atoms with E-state index in [9.17, 15) is 30.6 Å². The zero-order valence-corrected chi connectivity index (χ0v) is 15.9. The topological polar surface area (TPSA) is 158 Å². The summed E-state index contributed by atoms with van der Waals surface area (Å²) >= 11 is 0. The fourth-order valence-corrected chi connectivity index (χ4v) is 3.29. The zero-order chi connectivity index (χ0) is 21.1. The molecule has 0 saturated carbocycles. The van der Waals surface area contributed by atoms with Gasteiger partial charge >= 0.3 is 0 Å². The summed E-state index contributed by atoms with van der Waals surface area (Å²) in [5.74, 6) is 0. The fraction of sp³-hybridized carbons (Fsp3) is 0.684. The maximum Gasteiger partial charge on any atom is 0.187 e. The van der Waals surface area contributed by atoms with Crippen LogP contribution in [0.4, 0.5) is 0 Å². The zero-order valence-electron chi connectivity index (χ0n) is 15.9. The fourth-order valence-electron chi connectivity index (χ4n) is 3.29. The van der Waals surface area contributed by atoms with Crippen LogP contribution in [0, 0.1) is 0 Å². The minimum absolute atomic E-state index is 0.116. The van der Waals surface area contributed by atoms with Gasteiger partial charge in [-0.1, -0.05) is 30.3 Å². The van der Waals surface area contributed by atoms with Crippen LogP contribution >= 0.6 is 0 Å². The van der Waals surface area contributed by atoms with Gasteiger partial charge in [0.25, 0.3) is 0 Å². The number of rotatable bonds is 6. The Morgan fingerprint density at radius 3 is 1.97 bits per heavy atom. The molecule has 2 fully saturated rings. The van der Waals surface area contributed by atoms with Gasteiger partial charge in [-0.25, -0.2) is 0 Å². The van der Waals surface area contributed by atoms with Crippen LogP contribution in [0.5, 0.6) is 0 Å². The van der Waals surface area contributed by atoms with Crippen molar-refractivity contribution in [3.05, 3.63) is 35.9 Å². The molecular formula is C19H28O10. The van der Waals surface area contributed by atoms with Crippen molar-refractivity contribution in [2.75, 3.05) is 6.61 Å². The van der Waals surface area contributed by atoms with Crippen LogP contribution in [-0.4, -0.2) is 98.7 Å². The number of benzene rings is 1. The van der Waals surface area contributed by atoms with Gasteiger partial charge in [-0.05, 0) is 12.5 Å². The number of aliphatic hydroxyl groups excluding tert-OH is 6. The lowest BCUT2D eigenvalue weighted by atomic mass is 9.98. The Labute approximate surface area is 167 Å². The van der Waals surface area contributed by atoms with Gasteiger partial charge in [-0.2, -0.15) is 0 Å². The van der Waals surface area contributed by atoms with Crippen LogP contribution < -0.4 is 0 Å². The molecule has 2 saturated heterocycles. The molecule has 0 unspecified atom stereocenters. The van der Waals surface area contributed by atoms with Crippen LogP contribution in [-0.2, 0) is 25.6 Å². The second kappa shape index (κ2) is 9.75. The van der Waals surface area contributed by atoms with E-state index < -0.39 is 61.4 Å². The van der Waals surface area contributed by atoms with E-state index in [1.54, 1.807) is 0 Å². The van der Waals surface area contributed by atoms with Crippen LogP contribution in [0.15, 0.2) is 30.3 Å². The number of hydrogen-bond acceptors (Lipinski definition) is 10. The Hall–Kier alpha value is -1.18. The lowest BCUT2D eigenvalue weighted by Gasteiger charge is -2.42. The minimum Gasteiger partial charge on any atom is -0.388 e. The van der Waals surface area contributed by atoms with Gasteiger partial charge in [0.2, 0.25) is 0 Å². The van der Waals surface area contributed by atoms with E-state index in [4.69, 9.17) is 18.9 Å². The van der Waals surface area contributed by atoms with Crippen molar-refractivity contribution in [1.29, 1.82) is 0 Å². The standard InChI is InChI=1S/C19H28O10/c1-9-12(20)14(22)16(24)18(28-9)27-8-11-13(21)15(23)17(25)19(29-11)26-7-10-5-3-2-4-6-10/h2-6,9,11-25H,7-8H2,1H3/t9-,11-,12-,13-,14+,15+,16+,17-,18+,19-/m0/s1. The highest BCUT2D eigenvalue weighted by Gasteiger charge is 2.46. The molecule has 2 aliphatic heterocycles. The summed E-state index contributed by atoms with van der Waals surface area (Å²) in [5.41, 5.74) is 0.831. The molecule has 10 atom stereocenters. The molecule has 1 aromatic rings. The smallest absolute Gasteiger partial charge is 0.187 e. The van der Waals surface area contributed by atoms with E-state index in [2.05, 4.69) is 0 Å². The summed E-state index contributed by atoms with van der Waals surface area (Å²) in [6.45, 7) is 1.30. The summed E-state index contributed by atoms with van der Waals surface area (Å²) in [6.07, 6.45) is -13.1. The van der Waals surface area contributed by atoms with Crippen molar-refractivity contribution in [2.45, 2.75) is 74.9 Å². The van der Waals surface area contributed by atoms with E-state index in [1.807, 2.05) is 30.3 Å². The van der Waals surface area contributed by atoms with Crippen LogP contribution in [0.2, 0.25) is 0 Å². The van der Waals surface area contributed by atoms with Crippen LogP contribution in [0.3, 0.4) is 0 Å². The summed E-state index contributed by atoms with van der Waals surface area (Å²) < 4.78 is 21.8. The van der Waals surface area contributed by atoms with Gasteiger partial charge in [-0.3, -0.25) is 0 Å². The molecule has 2 heterocycles. The third-order valence-electron chi connectivity index (χ3n) is 5.16. The van der Waals surface area contributed by atoms with Gasteiger partial charge in [0.15, 0.2) is 12.6 Å². The first-order chi connectivity index (χ1) is 13.8. The molecule has 0 radical (unpaired) electrons. The highest BCUT2D eigenvalue weighted by molar-refractivity contribution is 5.13. The van der Waals surface area contributed by atoms with Gasteiger partial charge in [0, 0.05) is 0 Å². The molecule has 29 heavy (non-hydrogen) atoms. The van der Waals surface area contributed by atoms with E-state index in [0.29, 0.717) is 0 Å². The van der Waals surface area contributed by atoms with Gasteiger partial charge in [0.05, 0.1) is 19.3 Å². The molecule has 0 amide bonds. The predicted molar refractivity (Wildman–Crippen MR) is 96.2 cm³/mol. The first kappa shape index (κ1) is 22.5. The predicted octanol–water partition coefficient (Wildman–Crippen LogP) is -2.15. The summed E-state index contributed by atoms with van der Waals surface area (Å²) in [6, 6.07) is 9.15. The minimum atomic E-state index is -1.54. The molecule has 0 bridgehead atoms. The summed E-state index contributed by atoms with van der Waals surface area (Å²) in [7, 11) is 0. The monoisotopic (exact) mass is 416 g/mol. The lowest BCUT2D eigenvalue weighted by Crippen LogP contribution is -2.61. The normalized spacial score (nSPS) is 43.3. The quantitative estimate of drug-likeness (QED) is 0.302. The number of ether oxygens (including phenoxy) is 4. The van der Waals surface area contributed by atoms with Crippen molar-refractivity contribution in [3.8, 4) is 0 Å². The maximum atomic E-state index is 10.2. The molecule has 10 nitrogen and oxygen atoms in total. The first-order valence-electron chi connectivity index (χ1n) is 9.46. The Kier molecular flexibility index (Phi) is 7.57. The maximum absolute atomic E-state index is 10.2. The van der Waals surface area contributed by atoms with Crippen molar-refractivity contribution >= 4 is 0 Å². The molecule has 164 valence electrons. The molecular weight excluding hydrogens is 388 g/mol. The third-order valence-corrected chi connectivity index (χ3v) is 5.16. The molecule has 0 aromatic heterocycles. The van der Waals surface area contributed by atoms with Crippen molar-refractivity contribution in [1.82, 2.24) is 0 Å². The van der Waals surface area contributed by atoms with E-state index in [1.165, 1.54) is 6.92 Å². The first-order valence-corrected chi connectivity index (χ1v) is 9.46. The van der Waals surface area contributed by atoms with Crippen molar-refractivity contribution < 1.29 is 49.6 Å². The molecule has 10 heteroatoms. The average molecular weight is 416 g/mol. The van der Waals surface area contributed by atoms with Crippen LogP contribution in [0.25, 0.3) is 0 Å². The SMILES string of the molecule is C[C@@H]1O[C@@H](OC[C@@H]2O[C@H](OCc3ccccc3)[C@@H](O)[C@H](O)[C@H]2O)[C@H](O)[C@H](O)[C@H]1O. The van der Waals surface area contributed by atoms with Crippen molar-refractivity contribution in [2.24, 2.45) is 0 Å².